The molecule has 2 aromatic rings. The van der Waals surface area contributed by atoms with Crippen molar-refractivity contribution in [1.29, 1.82) is 0 Å². The van der Waals surface area contributed by atoms with Crippen LogP contribution in [0.15, 0.2) is 50.8 Å². The lowest BCUT2D eigenvalue weighted by Gasteiger charge is -2.14. The van der Waals surface area contributed by atoms with Crippen LogP contribution in [-0.2, 0) is 4.79 Å². The monoisotopic (exact) mass is 462 g/mol. The summed E-state index contributed by atoms with van der Waals surface area (Å²) in [7, 11) is 1.56. The largest absolute Gasteiger partial charge is 0.493 e. The number of thioether (sulfide) groups is 1. The molecule has 2 N–H and O–H groups in total. The number of carbonyl (C=O) groups is 1. The minimum Gasteiger partial charge on any atom is -0.493 e. The minimum atomic E-state index is -0.341. The number of carbonyl (C=O) groups excluding carboxylic acids is 1. The Hall–Kier alpha value is -2.45. The van der Waals surface area contributed by atoms with Crippen LogP contribution in [0, 0.1) is 6.92 Å². The number of amidine groups is 1. The number of nitrogens with two attached hydrogens (primary N) is 1. The van der Waals surface area contributed by atoms with E-state index in [2.05, 4.69) is 20.9 Å². The summed E-state index contributed by atoms with van der Waals surface area (Å²) in [4.78, 5) is 15.9. The molecule has 1 aliphatic heterocycles. The van der Waals surface area contributed by atoms with Gasteiger partial charge in [-0.1, -0.05) is 18.2 Å². The molecule has 1 amide bonds. The van der Waals surface area contributed by atoms with Crippen LogP contribution in [-0.4, -0.2) is 31.4 Å². The van der Waals surface area contributed by atoms with E-state index in [-0.39, 0.29) is 11.1 Å². The van der Waals surface area contributed by atoms with Gasteiger partial charge in [-0.05, 0) is 70.0 Å². The number of ether oxygens (including phenoxy) is 3. The molecule has 2 aromatic carbocycles. The summed E-state index contributed by atoms with van der Waals surface area (Å²) >= 11 is 4.65. The van der Waals surface area contributed by atoms with E-state index in [1.165, 1.54) is 0 Å². The van der Waals surface area contributed by atoms with Crippen molar-refractivity contribution in [3.05, 3.63) is 56.9 Å². The Bertz CT molecular complexity index is 959. The molecule has 146 valence electrons. The molecule has 0 saturated heterocycles. The molecule has 0 aromatic heterocycles. The molecule has 28 heavy (non-hydrogen) atoms. The fraction of sp³-hybridized carbons (Fsp3) is 0.200. The first-order valence-corrected chi connectivity index (χ1v) is 10.1. The van der Waals surface area contributed by atoms with Crippen molar-refractivity contribution in [2.24, 2.45) is 10.7 Å². The Balaban J connectivity index is 1.67. The number of nitrogens with zero attached hydrogens (tertiary/aromatic N) is 1. The second kappa shape index (κ2) is 9.16. The van der Waals surface area contributed by atoms with Crippen molar-refractivity contribution in [2.45, 2.75) is 6.92 Å². The van der Waals surface area contributed by atoms with Crippen LogP contribution in [0.5, 0.6) is 17.2 Å². The summed E-state index contributed by atoms with van der Waals surface area (Å²) < 4.78 is 17.8. The molecule has 8 heteroatoms. The number of benzene rings is 2. The third-order valence-electron chi connectivity index (χ3n) is 3.87. The number of amides is 1. The maximum atomic E-state index is 11.8. The first kappa shape index (κ1) is 20.3. The highest BCUT2D eigenvalue weighted by atomic mass is 79.9. The lowest BCUT2D eigenvalue weighted by molar-refractivity contribution is -0.113. The topological polar surface area (TPSA) is 83.1 Å². The molecular weight excluding hydrogens is 444 g/mol. The zero-order valence-electron chi connectivity index (χ0n) is 15.4. The van der Waals surface area contributed by atoms with Gasteiger partial charge < -0.3 is 19.9 Å². The quantitative estimate of drug-likeness (QED) is 0.491. The van der Waals surface area contributed by atoms with Gasteiger partial charge >= 0.3 is 0 Å². The van der Waals surface area contributed by atoms with Crippen molar-refractivity contribution >= 4 is 44.8 Å². The Labute approximate surface area is 175 Å². The van der Waals surface area contributed by atoms with Crippen LogP contribution in [0.2, 0.25) is 0 Å². The number of hydrogen-bond acceptors (Lipinski definition) is 6. The summed E-state index contributed by atoms with van der Waals surface area (Å²) in [5.41, 5.74) is 7.43. The highest BCUT2D eigenvalue weighted by Gasteiger charge is 2.20. The van der Waals surface area contributed by atoms with Crippen molar-refractivity contribution in [1.82, 2.24) is 0 Å². The van der Waals surface area contributed by atoms with Gasteiger partial charge in [0, 0.05) is 0 Å². The van der Waals surface area contributed by atoms with Gasteiger partial charge in [-0.15, -0.1) is 0 Å². The van der Waals surface area contributed by atoms with Crippen LogP contribution in [0.4, 0.5) is 0 Å². The molecular formula is C20H19BrN2O4S. The lowest BCUT2D eigenvalue weighted by Crippen LogP contribution is -2.10. The van der Waals surface area contributed by atoms with Gasteiger partial charge in [-0.25, -0.2) is 0 Å². The predicted molar refractivity (Wildman–Crippen MR) is 115 cm³/mol. The van der Waals surface area contributed by atoms with E-state index in [1.54, 1.807) is 19.3 Å². The molecule has 0 unspecified atom stereocenters. The van der Waals surface area contributed by atoms with Gasteiger partial charge in [0.2, 0.25) is 0 Å². The van der Waals surface area contributed by atoms with Crippen LogP contribution < -0.4 is 19.9 Å². The van der Waals surface area contributed by atoms with Crippen LogP contribution in [0.3, 0.4) is 0 Å². The smallest absolute Gasteiger partial charge is 0.286 e. The summed E-state index contributed by atoms with van der Waals surface area (Å²) in [6, 6.07) is 11.5. The predicted octanol–water partition coefficient (Wildman–Crippen LogP) is 4.15. The molecule has 6 nitrogen and oxygen atoms in total. The number of aryl methyl sites for hydroxylation is 1. The second-order valence-electron chi connectivity index (χ2n) is 5.86. The number of methoxy groups -OCH3 is 1. The minimum absolute atomic E-state index is 0.246. The number of rotatable bonds is 7. The third kappa shape index (κ3) is 4.88. The second-order valence-corrected chi connectivity index (χ2v) is 7.78. The van der Waals surface area contributed by atoms with Gasteiger partial charge in [0.05, 0.1) is 16.5 Å². The fourth-order valence-corrected chi connectivity index (χ4v) is 3.81. The van der Waals surface area contributed by atoms with Crippen molar-refractivity contribution in [2.75, 3.05) is 20.3 Å². The van der Waals surface area contributed by atoms with Crippen LogP contribution in [0.1, 0.15) is 11.1 Å². The molecule has 0 saturated carbocycles. The lowest BCUT2D eigenvalue weighted by atomic mass is 10.2. The molecule has 0 atom stereocenters. The number of halogens is 1. The molecule has 0 aliphatic carbocycles. The van der Waals surface area contributed by atoms with Gasteiger partial charge in [0.1, 0.15) is 19.0 Å². The first-order valence-electron chi connectivity index (χ1n) is 8.44. The van der Waals surface area contributed by atoms with Crippen molar-refractivity contribution < 1.29 is 19.0 Å². The SMILES string of the molecule is COc1cc(/C=C2\SC(N)=NC2=O)cc(Br)c1OCCOc1ccccc1C. The van der Waals surface area contributed by atoms with E-state index >= 15 is 0 Å². The Morgan fingerprint density at radius 1 is 1.18 bits per heavy atom. The zero-order chi connectivity index (χ0) is 20.1. The first-order chi connectivity index (χ1) is 13.5. The summed E-state index contributed by atoms with van der Waals surface area (Å²) in [6.45, 7) is 2.74. The Kier molecular flexibility index (Phi) is 6.64. The average molecular weight is 463 g/mol. The third-order valence-corrected chi connectivity index (χ3v) is 5.27. The molecule has 0 radical (unpaired) electrons. The van der Waals surface area contributed by atoms with Gasteiger partial charge in [0.25, 0.3) is 5.91 Å². The number of hydrogen-bond donors (Lipinski definition) is 1. The van der Waals surface area contributed by atoms with E-state index in [0.717, 1.165) is 28.6 Å². The molecule has 1 aliphatic rings. The van der Waals surface area contributed by atoms with E-state index < -0.39 is 0 Å². The molecule has 0 spiro atoms. The molecule has 1 heterocycles. The Morgan fingerprint density at radius 2 is 1.93 bits per heavy atom. The van der Waals surface area contributed by atoms with Gasteiger partial charge in [0.15, 0.2) is 16.7 Å². The Morgan fingerprint density at radius 3 is 2.61 bits per heavy atom. The van der Waals surface area contributed by atoms with Crippen LogP contribution >= 0.6 is 27.7 Å². The summed E-state index contributed by atoms with van der Waals surface area (Å²) in [6.07, 6.45) is 1.72. The summed E-state index contributed by atoms with van der Waals surface area (Å²) in [5.74, 6) is 1.60. The fourth-order valence-electron chi connectivity index (χ4n) is 2.55. The number of para-hydroxylation sites is 1. The van der Waals surface area contributed by atoms with E-state index in [0.29, 0.717) is 34.1 Å². The molecule has 3 rings (SSSR count). The van der Waals surface area contributed by atoms with E-state index in [4.69, 9.17) is 19.9 Å². The summed E-state index contributed by atoms with van der Waals surface area (Å²) in [5, 5.41) is 0.246. The van der Waals surface area contributed by atoms with Gasteiger partial charge in [-0.3, -0.25) is 4.79 Å². The van der Waals surface area contributed by atoms with Gasteiger partial charge in [-0.2, -0.15) is 4.99 Å². The van der Waals surface area contributed by atoms with Crippen molar-refractivity contribution in [3.63, 3.8) is 0 Å². The highest BCUT2D eigenvalue weighted by molar-refractivity contribution is 9.10. The maximum absolute atomic E-state index is 11.8. The van der Waals surface area contributed by atoms with Crippen molar-refractivity contribution in [3.8, 4) is 17.2 Å². The number of aliphatic imine (C=N–C) groups is 1. The standard InChI is InChI=1S/C20H19BrN2O4S/c1-12-5-3-4-6-15(12)26-7-8-27-18-14(21)9-13(10-16(18)25-2)11-17-19(24)23-20(22)28-17/h3-6,9-11H,7-8H2,1-2H3,(H2,22,23,24)/b17-11-. The van der Waals surface area contributed by atoms with Crippen LogP contribution in [0.25, 0.3) is 6.08 Å². The average Bonchev–Trinajstić information content (AvgIpc) is 2.98. The molecule has 0 bridgehead atoms. The van der Waals surface area contributed by atoms with E-state index in [1.807, 2.05) is 37.3 Å². The zero-order valence-corrected chi connectivity index (χ0v) is 17.8. The van der Waals surface area contributed by atoms with E-state index in [9.17, 15) is 4.79 Å². The normalized spacial score (nSPS) is 14.9. The maximum Gasteiger partial charge on any atom is 0.286 e. The molecule has 0 fully saturated rings. The highest BCUT2D eigenvalue weighted by Crippen LogP contribution is 2.38.